The van der Waals surface area contributed by atoms with Crippen LogP contribution in [0.2, 0.25) is 0 Å². The van der Waals surface area contributed by atoms with E-state index in [9.17, 15) is 19.3 Å². The van der Waals surface area contributed by atoms with Crippen molar-refractivity contribution in [2.45, 2.75) is 187 Å². The molecule has 3 N–H and O–H groups in total. The van der Waals surface area contributed by atoms with Gasteiger partial charge in [0.2, 0.25) is 0 Å². The molecule has 0 spiro atoms. The van der Waals surface area contributed by atoms with Crippen LogP contribution in [-0.4, -0.2) is 52.3 Å². The topological polar surface area (TPSA) is 140 Å². The lowest BCUT2D eigenvalue weighted by molar-refractivity contribution is -0.161. The molecule has 0 radical (unpaired) electrons. The molecule has 0 rings (SSSR count). The van der Waals surface area contributed by atoms with Gasteiger partial charge in [-0.1, -0.05) is 177 Å². The number of rotatable bonds is 37. The van der Waals surface area contributed by atoms with Gasteiger partial charge in [0.05, 0.1) is 12.7 Å². The van der Waals surface area contributed by atoms with Gasteiger partial charge in [-0.2, -0.15) is 0 Å². The van der Waals surface area contributed by atoms with Crippen molar-refractivity contribution in [3.8, 4) is 0 Å². The molecule has 0 saturated carbocycles. The Hall–Kier alpha value is -2.29. The Balaban J connectivity index is 4.07. The van der Waals surface area contributed by atoms with Crippen molar-refractivity contribution in [2.24, 2.45) is 0 Å². The number of carbonyl (C=O) groups excluding carboxylic acids is 2. The van der Waals surface area contributed by atoms with E-state index in [1.54, 1.807) is 6.08 Å². The van der Waals surface area contributed by atoms with Crippen LogP contribution < -0.4 is 0 Å². The third-order valence-corrected chi connectivity index (χ3v) is 9.12. The number of allylic oxidation sites excluding steroid dienone is 8. The number of aliphatic hydroxyl groups is 1. The fourth-order valence-corrected chi connectivity index (χ4v) is 5.91. The van der Waals surface area contributed by atoms with Crippen molar-refractivity contribution in [1.29, 1.82) is 0 Å². The lowest BCUT2D eigenvalue weighted by Gasteiger charge is -2.18. The van der Waals surface area contributed by atoms with Crippen molar-refractivity contribution in [2.75, 3.05) is 13.2 Å². The minimum atomic E-state index is -4.79. The number of hydrogen-bond donors (Lipinski definition) is 3. The fraction of sp³-hybridized carbons (Fsp3) is 0.721. The standard InChI is InChI=1S/C43H75O9P/c1-3-5-7-9-11-12-13-14-15-16-17-18-19-20-24-28-32-36-42(45)50-38-41(39-51-53(47,48)49)52-43(46)37-33-29-25-22-21-23-27-31-35-40(44)34-30-26-10-8-6-4-2/h6,8,22-23,25-27,30-31,35,40-41,44H,3-5,7,9-21,24,28-29,32-34,36-39H2,1-2H3,(H2,47,48,49)/b8-6-,25-22-,27-23-,30-26-,35-31+/t40?,41-/m1/s1. The van der Waals surface area contributed by atoms with E-state index in [1.807, 2.05) is 42.5 Å². The number of phosphoric ester groups is 1. The molecule has 53 heavy (non-hydrogen) atoms. The molecule has 0 bridgehead atoms. The first-order chi connectivity index (χ1) is 25.7. The molecule has 10 heteroatoms. The average Bonchev–Trinajstić information content (AvgIpc) is 3.12. The summed E-state index contributed by atoms with van der Waals surface area (Å²) in [6.45, 7) is 3.45. The summed E-state index contributed by atoms with van der Waals surface area (Å²) in [4.78, 5) is 42.8. The molecule has 9 nitrogen and oxygen atoms in total. The van der Waals surface area contributed by atoms with E-state index in [2.05, 4.69) is 30.5 Å². The Morgan fingerprint density at radius 2 is 1.13 bits per heavy atom. The maximum absolute atomic E-state index is 12.4. The summed E-state index contributed by atoms with van der Waals surface area (Å²) >= 11 is 0. The van der Waals surface area contributed by atoms with Crippen molar-refractivity contribution in [3.63, 3.8) is 0 Å². The zero-order chi connectivity index (χ0) is 39.1. The summed E-state index contributed by atoms with van der Waals surface area (Å²) in [6, 6.07) is 0. The van der Waals surface area contributed by atoms with Crippen molar-refractivity contribution in [1.82, 2.24) is 0 Å². The molecular formula is C43H75O9P. The molecule has 0 fully saturated rings. The van der Waals surface area contributed by atoms with Gasteiger partial charge < -0.3 is 24.4 Å². The molecule has 0 aliphatic carbocycles. The number of aliphatic hydroxyl groups excluding tert-OH is 1. The van der Waals surface area contributed by atoms with Crippen molar-refractivity contribution in [3.05, 3.63) is 60.8 Å². The summed E-state index contributed by atoms with van der Waals surface area (Å²) in [6.07, 6.45) is 44.1. The number of carbonyl (C=O) groups is 2. The van der Waals surface area contributed by atoms with Gasteiger partial charge in [0, 0.05) is 12.8 Å². The summed E-state index contributed by atoms with van der Waals surface area (Å²) < 4.78 is 26.3. The fourth-order valence-electron chi connectivity index (χ4n) is 5.55. The molecule has 2 atom stereocenters. The van der Waals surface area contributed by atoms with E-state index in [4.69, 9.17) is 19.3 Å². The zero-order valence-corrected chi connectivity index (χ0v) is 34.2. The van der Waals surface area contributed by atoms with Gasteiger partial charge in [0.15, 0.2) is 6.10 Å². The molecule has 0 amide bonds. The Morgan fingerprint density at radius 1 is 0.604 bits per heavy atom. The van der Waals surface area contributed by atoms with Crippen LogP contribution >= 0.6 is 7.82 Å². The molecule has 0 aliphatic heterocycles. The molecule has 1 unspecified atom stereocenters. The molecular weight excluding hydrogens is 691 g/mol. The predicted octanol–water partition coefficient (Wildman–Crippen LogP) is 11.5. The SMILES string of the molecule is CC/C=C\C/C=C\CC(O)/C=C/C=C\C/C=C\CCCC(=O)O[C@H](COC(=O)CCCCCCCCCCCCCCCCCCC)COP(=O)(O)O. The average molecular weight is 767 g/mol. The minimum Gasteiger partial charge on any atom is -0.462 e. The molecule has 0 aliphatic rings. The Kier molecular flexibility index (Phi) is 36.4. The summed E-state index contributed by atoms with van der Waals surface area (Å²) in [5.74, 6) is -0.991. The molecule has 0 aromatic rings. The number of esters is 2. The third-order valence-electron chi connectivity index (χ3n) is 8.63. The van der Waals surface area contributed by atoms with Crippen LogP contribution in [-0.2, 0) is 28.2 Å². The van der Waals surface area contributed by atoms with Gasteiger partial charge in [-0.05, 0) is 44.9 Å². The highest BCUT2D eigenvalue weighted by Gasteiger charge is 2.22. The zero-order valence-electron chi connectivity index (χ0n) is 33.3. The first-order valence-electron chi connectivity index (χ1n) is 20.7. The number of ether oxygens (including phenoxy) is 2. The highest BCUT2D eigenvalue weighted by atomic mass is 31.2. The maximum Gasteiger partial charge on any atom is 0.469 e. The van der Waals surface area contributed by atoms with Gasteiger partial charge in [-0.15, -0.1) is 0 Å². The Labute approximate surface area is 322 Å². The number of unbranched alkanes of at least 4 members (excludes halogenated alkanes) is 17. The molecule has 0 aromatic carbocycles. The van der Waals surface area contributed by atoms with Crippen LogP contribution in [0.1, 0.15) is 174 Å². The maximum atomic E-state index is 12.4. The van der Waals surface area contributed by atoms with Crippen LogP contribution in [0.15, 0.2) is 60.8 Å². The van der Waals surface area contributed by atoms with Crippen molar-refractivity contribution < 1.29 is 43.0 Å². The van der Waals surface area contributed by atoms with Gasteiger partial charge >= 0.3 is 19.8 Å². The first kappa shape index (κ1) is 50.7. The highest BCUT2D eigenvalue weighted by molar-refractivity contribution is 7.46. The number of hydrogen-bond acceptors (Lipinski definition) is 7. The largest absolute Gasteiger partial charge is 0.469 e. The lowest BCUT2D eigenvalue weighted by atomic mass is 10.0. The van der Waals surface area contributed by atoms with Crippen LogP contribution in [0.5, 0.6) is 0 Å². The van der Waals surface area contributed by atoms with Gasteiger partial charge in [-0.3, -0.25) is 14.1 Å². The smallest absolute Gasteiger partial charge is 0.462 e. The summed E-state index contributed by atoms with van der Waals surface area (Å²) in [5.41, 5.74) is 0. The van der Waals surface area contributed by atoms with Gasteiger partial charge in [0.25, 0.3) is 0 Å². The lowest BCUT2D eigenvalue weighted by Crippen LogP contribution is -2.29. The van der Waals surface area contributed by atoms with Crippen LogP contribution in [0, 0.1) is 0 Å². The monoisotopic (exact) mass is 767 g/mol. The van der Waals surface area contributed by atoms with E-state index in [0.29, 0.717) is 32.1 Å². The predicted molar refractivity (Wildman–Crippen MR) is 217 cm³/mol. The van der Waals surface area contributed by atoms with E-state index in [-0.39, 0.29) is 19.4 Å². The quantitative estimate of drug-likeness (QED) is 0.0185. The highest BCUT2D eigenvalue weighted by Crippen LogP contribution is 2.36. The molecule has 0 heterocycles. The van der Waals surface area contributed by atoms with Crippen LogP contribution in [0.25, 0.3) is 0 Å². The van der Waals surface area contributed by atoms with Crippen LogP contribution in [0.3, 0.4) is 0 Å². The molecule has 0 aromatic heterocycles. The second kappa shape index (κ2) is 38.0. The Morgan fingerprint density at radius 3 is 1.72 bits per heavy atom. The van der Waals surface area contributed by atoms with Crippen molar-refractivity contribution >= 4 is 19.8 Å². The van der Waals surface area contributed by atoms with E-state index in [0.717, 1.165) is 32.1 Å². The van der Waals surface area contributed by atoms with E-state index < -0.39 is 38.6 Å². The summed E-state index contributed by atoms with van der Waals surface area (Å²) in [7, 11) is -4.79. The molecule has 0 saturated heterocycles. The van der Waals surface area contributed by atoms with E-state index >= 15 is 0 Å². The van der Waals surface area contributed by atoms with Gasteiger partial charge in [-0.25, -0.2) is 4.57 Å². The van der Waals surface area contributed by atoms with E-state index in [1.165, 1.54) is 83.5 Å². The first-order valence-corrected chi connectivity index (χ1v) is 22.2. The molecule has 306 valence electrons. The Bertz CT molecular complexity index is 1060. The number of phosphoric acid groups is 1. The second-order valence-electron chi connectivity index (χ2n) is 13.8. The minimum absolute atomic E-state index is 0.101. The normalized spacial score (nSPS) is 13.7. The summed E-state index contributed by atoms with van der Waals surface area (Å²) in [5, 5.41) is 9.98. The van der Waals surface area contributed by atoms with Crippen LogP contribution in [0.4, 0.5) is 0 Å². The third kappa shape index (κ3) is 40.7. The second-order valence-corrected chi connectivity index (χ2v) is 15.0. The van der Waals surface area contributed by atoms with Gasteiger partial charge in [0.1, 0.15) is 6.61 Å².